The molecule has 0 spiro atoms. The van der Waals surface area contributed by atoms with E-state index in [-0.39, 0.29) is 0 Å². The Kier molecular flexibility index (Phi) is 6.52. The van der Waals surface area contributed by atoms with Gasteiger partial charge in [-0.3, -0.25) is 0 Å². The molecule has 0 N–H and O–H groups in total. The minimum atomic E-state index is -1.01. The smallest absolute Gasteiger partial charge is 0.181 e. The molecule has 0 amide bonds. The monoisotopic (exact) mass is 250 g/mol. The first-order valence-corrected chi connectivity index (χ1v) is 8.57. The van der Waals surface area contributed by atoms with Crippen LogP contribution in [0.3, 0.4) is 0 Å². The predicted octanol–water partition coefficient (Wildman–Crippen LogP) is 4.18. The van der Waals surface area contributed by atoms with Crippen molar-refractivity contribution in [2.24, 2.45) is 0 Å². The highest BCUT2D eigenvalue weighted by molar-refractivity contribution is 6.54. The van der Waals surface area contributed by atoms with E-state index in [9.17, 15) is 0 Å². The van der Waals surface area contributed by atoms with Gasteiger partial charge in [0, 0.05) is 6.61 Å². The molecule has 1 aromatic rings. The molecule has 1 aromatic carbocycles. The number of hydrogen-bond acceptors (Lipinski definition) is 1. The van der Waals surface area contributed by atoms with Crippen LogP contribution in [0.15, 0.2) is 30.3 Å². The first-order chi connectivity index (χ1) is 8.11. The fraction of sp³-hybridized carbons (Fsp3) is 0.600. The van der Waals surface area contributed by atoms with Crippen LogP contribution in [0.1, 0.15) is 39.7 Å². The number of hydrogen-bond donors (Lipinski definition) is 0. The third-order valence-corrected chi connectivity index (χ3v) is 6.33. The lowest BCUT2D eigenvalue weighted by Crippen LogP contribution is -2.26. The summed E-state index contributed by atoms with van der Waals surface area (Å²) < 4.78 is 6.13. The Hall–Kier alpha value is -0.603. The lowest BCUT2D eigenvalue weighted by Gasteiger charge is -2.23. The SMILES string of the molecule is CC(C)[SiH](OCCCc1ccccc1)C(C)C. The van der Waals surface area contributed by atoms with Gasteiger partial charge in [-0.05, 0) is 29.5 Å². The summed E-state index contributed by atoms with van der Waals surface area (Å²) in [6.45, 7) is 10.1. The molecule has 0 aliphatic carbocycles. The summed E-state index contributed by atoms with van der Waals surface area (Å²) in [6, 6.07) is 10.7. The highest BCUT2D eigenvalue weighted by Crippen LogP contribution is 2.21. The highest BCUT2D eigenvalue weighted by atomic mass is 28.3. The van der Waals surface area contributed by atoms with E-state index >= 15 is 0 Å². The van der Waals surface area contributed by atoms with Gasteiger partial charge in [-0.15, -0.1) is 0 Å². The topological polar surface area (TPSA) is 9.23 Å². The van der Waals surface area contributed by atoms with Crippen molar-refractivity contribution in [1.82, 2.24) is 0 Å². The van der Waals surface area contributed by atoms with Crippen LogP contribution >= 0.6 is 0 Å². The molecule has 0 atom stereocenters. The Morgan fingerprint density at radius 1 is 1.00 bits per heavy atom. The van der Waals surface area contributed by atoms with E-state index in [1.54, 1.807) is 0 Å². The third-order valence-electron chi connectivity index (χ3n) is 3.08. The van der Waals surface area contributed by atoms with Gasteiger partial charge in [-0.1, -0.05) is 58.0 Å². The second-order valence-electron chi connectivity index (χ2n) is 5.41. The zero-order valence-electron chi connectivity index (χ0n) is 11.6. The summed E-state index contributed by atoms with van der Waals surface area (Å²) in [4.78, 5) is 0. The zero-order valence-corrected chi connectivity index (χ0v) is 12.8. The summed E-state index contributed by atoms with van der Waals surface area (Å²) >= 11 is 0. The Bertz CT molecular complexity index is 287. The molecule has 1 rings (SSSR count). The van der Waals surface area contributed by atoms with E-state index in [2.05, 4.69) is 58.0 Å². The lowest BCUT2D eigenvalue weighted by atomic mass is 10.1. The fourth-order valence-corrected chi connectivity index (χ4v) is 5.04. The Labute approximate surface area is 108 Å². The van der Waals surface area contributed by atoms with E-state index in [0.29, 0.717) is 0 Å². The van der Waals surface area contributed by atoms with Crippen molar-refractivity contribution in [2.45, 2.75) is 51.6 Å². The quantitative estimate of drug-likeness (QED) is 0.521. The molecule has 0 aliphatic heterocycles. The standard InChI is InChI=1S/C15H26OSi/c1-13(2)17(14(3)4)16-12-8-11-15-9-6-5-7-10-15/h5-7,9-10,13-14,17H,8,11-12H2,1-4H3. The molecule has 0 fully saturated rings. The maximum atomic E-state index is 6.13. The van der Waals surface area contributed by atoms with Crippen molar-refractivity contribution in [2.75, 3.05) is 6.61 Å². The molecule has 0 aliphatic rings. The van der Waals surface area contributed by atoms with Gasteiger partial charge in [0.25, 0.3) is 0 Å². The minimum absolute atomic E-state index is 0.742. The second kappa shape index (κ2) is 7.67. The van der Waals surface area contributed by atoms with Crippen molar-refractivity contribution in [3.8, 4) is 0 Å². The Balaban J connectivity index is 2.23. The van der Waals surface area contributed by atoms with E-state index in [4.69, 9.17) is 4.43 Å². The molecule has 0 unspecified atom stereocenters. The molecular formula is C15H26OSi. The normalized spacial score (nSPS) is 11.7. The molecule has 0 aromatic heterocycles. The first-order valence-electron chi connectivity index (χ1n) is 6.76. The molecular weight excluding hydrogens is 224 g/mol. The van der Waals surface area contributed by atoms with Crippen LogP contribution < -0.4 is 0 Å². The molecule has 0 radical (unpaired) electrons. The van der Waals surface area contributed by atoms with Crippen LogP contribution in [0, 0.1) is 0 Å². The summed E-state index contributed by atoms with van der Waals surface area (Å²) in [5, 5.41) is 0. The first kappa shape index (κ1) is 14.5. The zero-order chi connectivity index (χ0) is 12.7. The van der Waals surface area contributed by atoms with Crippen LogP contribution in [0.25, 0.3) is 0 Å². The van der Waals surface area contributed by atoms with Crippen LogP contribution in [-0.2, 0) is 10.8 Å². The van der Waals surface area contributed by atoms with E-state index in [1.165, 1.54) is 5.56 Å². The van der Waals surface area contributed by atoms with Crippen molar-refractivity contribution in [3.63, 3.8) is 0 Å². The van der Waals surface area contributed by atoms with Crippen LogP contribution in [0.5, 0.6) is 0 Å². The molecule has 96 valence electrons. The van der Waals surface area contributed by atoms with Crippen molar-refractivity contribution >= 4 is 9.04 Å². The van der Waals surface area contributed by atoms with Gasteiger partial charge in [-0.2, -0.15) is 0 Å². The molecule has 0 heterocycles. The molecule has 0 saturated heterocycles. The fourth-order valence-electron chi connectivity index (χ4n) is 2.30. The summed E-state index contributed by atoms with van der Waals surface area (Å²) in [7, 11) is -1.01. The van der Waals surface area contributed by atoms with E-state index < -0.39 is 9.04 Å². The van der Waals surface area contributed by atoms with Crippen LogP contribution in [-0.4, -0.2) is 15.6 Å². The van der Waals surface area contributed by atoms with Crippen LogP contribution in [0.4, 0.5) is 0 Å². The Morgan fingerprint density at radius 2 is 1.59 bits per heavy atom. The van der Waals surface area contributed by atoms with E-state index in [1.807, 2.05) is 0 Å². The van der Waals surface area contributed by atoms with Crippen molar-refractivity contribution in [3.05, 3.63) is 35.9 Å². The highest BCUT2D eigenvalue weighted by Gasteiger charge is 2.20. The molecule has 0 saturated carbocycles. The molecule has 17 heavy (non-hydrogen) atoms. The van der Waals surface area contributed by atoms with Crippen LogP contribution in [0.2, 0.25) is 11.1 Å². The van der Waals surface area contributed by atoms with Gasteiger partial charge < -0.3 is 4.43 Å². The molecule has 0 bridgehead atoms. The predicted molar refractivity (Wildman–Crippen MR) is 78.1 cm³/mol. The van der Waals surface area contributed by atoms with Gasteiger partial charge in [0.05, 0.1) is 0 Å². The van der Waals surface area contributed by atoms with Gasteiger partial charge in [0.2, 0.25) is 0 Å². The summed E-state index contributed by atoms with van der Waals surface area (Å²) in [5.74, 6) is 0. The van der Waals surface area contributed by atoms with Gasteiger partial charge in [-0.25, -0.2) is 0 Å². The van der Waals surface area contributed by atoms with Gasteiger partial charge >= 0.3 is 0 Å². The molecule has 2 heteroatoms. The summed E-state index contributed by atoms with van der Waals surface area (Å²) in [6.07, 6.45) is 2.28. The average Bonchev–Trinajstić information content (AvgIpc) is 2.29. The van der Waals surface area contributed by atoms with E-state index in [0.717, 1.165) is 30.5 Å². The number of aryl methyl sites for hydroxylation is 1. The number of benzene rings is 1. The third kappa shape index (κ3) is 5.51. The van der Waals surface area contributed by atoms with Crippen molar-refractivity contribution in [1.29, 1.82) is 0 Å². The Morgan fingerprint density at radius 3 is 2.12 bits per heavy atom. The summed E-state index contributed by atoms with van der Waals surface area (Å²) in [5.41, 5.74) is 2.90. The lowest BCUT2D eigenvalue weighted by molar-refractivity contribution is 0.301. The number of rotatable bonds is 7. The largest absolute Gasteiger partial charge is 0.420 e. The van der Waals surface area contributed by atoms with Gasteiger partial charge in [0.15, 0.2) is 9.04 Å². The van der Waals surface area contributed by atoms with Crippen molar-refractivity contribution < 1.29 is 4.43 Å². The average molecular weight is 250 g/mol. The maximum absolute atomic E-state index is 6.13. The molecule has 1 nitrogen and oxygen atoms in total. The maximum Gasteiger partial charge on any atom is 0.181 e. The minimum Gasteiger partial charge on any atom is -0.420 e. The van der Waals surface area contributed by atoms with Gasteiger partial charge in [0.1, 0.15) is 0 Å². The second-order valence-corrected chi connectivity index (χ2v) is 9.34.